The molecule has 0 spiro atoms. The summed E-state index contributed by atoms with van der Waals surface area (Å²) in [6, 6.07) is 3.61. The highest BCUT2D eigenvalue weighted by molar-refractivity contribution is 5.56. The highest BCUT2D eigenvalue weighted by Crippen LogP contribution is 2.13. The zero-order chi connectivity index (χ0) is 12.7. The van der Waals surface area contributed by atoms with E-state index in [4.69, 9.17) is 5.73 Å². The molecule has 7 nitrogen and oxygen atoms in total. The van der Waals surface area contributed by atoms with Crippen LogP contribution in [-0.4, -0.2) is 24.1 Å². The molecular weight excluding hydrogens is 232 g/mol. The fourth-order valence-corrected chi connectivity index (χ4v) is 1.73. The molecule has 0 fully saturated rings. The molecule has 0 aliphatic carbocycles. The van der Waals surface area contributed by atoms with Crippen LogP contribution in [0, 0.1) is 0 Å². The Kier molecular flexibility index (Phi) is 2.12. The van der Waals surface area contributed by atoms with Crippen molar-refractivity contribution in [3.8, 4) is 11.4 Å². The van der Waals surface area contributed by atoms with Crippen molar-refractivity contribution in [2.75, 3.05) is 5.73 Å². The van der Waals surface area contributed by atoms with Gasteiger partial charge < -0.3 is 10.3 Å². The van der Waals surface area contributed by atoms with E-state index in [1.165, 1.54) is 10.7 Å². The average molecular weight is 242 g/mol. The minimum Gasteiger partial charge on any atom is -0.393 e. The molecule has 2 N–H and O–H groups in total. The van der Waals surface area contributed by atoms with Gasteiger partial charge in [-0.1, -0.05) is 0 Å². The van der Waals surface area contributed by atoms with Gasteiger partial charge in [0.1, 0.15) is 5.69 Å². The third-order valence-electron chi connectivity index (χ3n) is 2.60. The van der Waals surface area contributed by atoms with E-state index in [1.807, 2.05) is 6.07 Å². The van der Waals surface area contributed by atoms with Crippen molar-refractivity contribution in [3.63, 3.8) is 0 Å². The van der Waals surface area contributed by atoms with Crippen LogP contribution in [0.4, 0.5) is 5.69 Å². The Morgan fingerprint density at radius 3 is 2.94 bits per heavy atom. The van der Waals surface area contributed by atoms with E-state index >= 15 is 0 Å². The lowest BCUT2D eigenvalue weighted by Gasteiger charge is -2.00. The van der Waals surface area contributed by atoms with Gasteiger partial charge >= 0.3 is 0 Å². The van der Waals surface area contributed by atoms with Gasteiger partial charge in [0, 0.05) is 31.2 Å². The molecule has 0 aromatic carbocycles. The maximum absolute atomic E-state index is 11.8. The first-order chi connectivity index (χ1) is 8.66. The average Bonchev–Trinajstić information content (AvgIpc) is 2.83. The minimum atomic E-state index is -0.370. The monoisotopic (exact) mass is 242 g/mol. The van der Waals surface area contributed by atoms with Crippen LogP contribution in [0.2, 0.25) is 0 Å². The minimum absolute atomic E-state index is 0.132. The smallest absolute Gasteiger partial charge is 0.298 e. The van der Waals surface area contributed by atoms with Crippen molar-refractivity contribution in [2.45, 2.75) is 0 Å². The zero-order valence-electron chi connectivity index (χ0n) is 9.61. The number of aromatic nitrogens is 5. The predicted molar refractivity (Wildman–Crippen MR) is 65.9 cm³/mol. The number of anilines is 1. The Hall–Kier alpha value is -2.70. The van der Waals surface area contributed by atoms with Crippen LogP contribution >= 0.6 is 0 Å². The maximum atomic E-state index is 11.8. The van der Waals surface area contributed by atoms with E-state index in [0.717, 1.165) is 5.56 Å². The van der Waals surface area contributed by atoms with Gasteiger partial charge in [0.25, 0.3) is 5.56 Å². The number of hydrogen-bond acceptors (Lipinski definition) is 5. The molecule has 0 radical (unpaired) electrons. The maximum Gasteiger partial charge on any atom is 0.298 e. The zero-order valence-corrected chi connectivity index (χ0v) is 9.61. The van der Waals surface area contributed by atoms with Crippen LogP contribution in [0.25, 0.3) is 17.2 Å². The first kappa shape index (κ1) is 10.5. The topological polar surface area (TPSA) is 91.1 Å². The highest BCUT2D eigenvalue weighted by atomic mass is 16.1. The van der Waals surface area contributed by atoms with E-state index in [9.17, 15) is 4.79 Å². The largest absolute Gasteiger partial charge is 0.393 e. The summed E-state index contributed by atoms with van der Waals surface area (Å²) >= 11 is 0. The highest BCUT2D eigenvalue weighted by Gasteiger charge is 2.11. The SMILES string of the molecule is Cn1cc(N)c(=O)n2nc(-c3cccnc3)nc12. The standard InChI is InChI=1S/C11H10N6O/c1-16-6-8(12)10(18)17-11(16)14-9(15-17)7-3-2-4-13-5-7/h2-6H,12H2,1H3. The summed E-state index contributed by atoms with van der Waals surface area (Å²) in [5.41, 5.74) is 6.11. The van der Waals surface area contributed by atoms with Crippen molar-refractivity contribution in [1.82, 2.24) is 24.1 Å². The lowest BCUT2D eigenvalue weighted by atomic mass is 10.3. The number of nitrogen functional groups attached to an aromatic ring is 1. The molecule has 0 aliphatic rings. The second-order valence-electron chi connectivity index (χ2n) is 3.89. The molecular formula is C11H10N6O. The van der Waals surface area contributed by atoms with Gasteiger partial charge in [-0.2, -0.15) is 9.50 Å². The van der Waals surface area contributed by atoms with Crippen LogP contribution in [0.15, 0.2) is 35.5 Å². The fraction of sp³-hybridized carbons (Fsp3) is 0.0909. The molecule has 0 atom stereocenters. The molecule has 0 saturated carbocycles. The quantitative estimate of drug-likeness (QED) is 0.652. The molecule has 3 aromatic rings. The number of nitrogens with zero attached hydrogens (tertiary/aromatic N) is 5. The van der Waals surface area contributed by atoms with Gasteiger partial charge in [0.05, 0.1) is 0 Å². The Morgan fingerprint density at radius 1 is 1.39 bits per heavy atom. The predicted octanol–water partition coefficient (Wildman–Crippen LogP) is 0.0722. The third kappa shape index (κ3) is 1.45. The van der Waals surface area contributed by atoms with Crippen LogP contribution in [0.3, 0.4) is 0 Å². The molecule has 0 aliphatic heterocycles. The Balaban J connectivity index is 2.33. The van der Waals surface area contributed by atoms with Crippen molar-refractivity contribution in [3.05, 3.63) is 41.1 Å². The molecule has 3 rings (SSSR count). The normalized spacial score (nSPS) is 10.9. The summed E-state index contributed by atoms with van der Waals surface area (Å²) in [4.78, 5) is 20.1. The fourth-order valence-electron chi connectivity index (χ4n) is 1.73. The molecule has 7 heteroatoms. The summed E-state index contributed by atoms with van der Waals surface area (Å²) in [6.45, 7) is 0. The van der Waals surface area contributed by atoms with Crippen molar-refractivity contribution in [1.29, 1.82) is 0 Å². The molecule has 0 bridgehead atoms. The molecule has 0 saturated heterocycles. The summed E-state index contributed by atoms with van der Waals surface area (Å²) in [7, 11) is 1.76. The summed E-state index contributed by atoms with van der Waals surface area (Å²) in [6.07, 6.45) is 4.83. The lowest BCUT2D eigenvalue weighted by Crippen LogP contribution is -2.21. The lowest BCUT2D eigenvalue weighted by molar-refractivity contribution is 0.824. The van der Waals surface area contributed by atoms with Gasteiger partial charge in [-0.3, -0.25) is 9.78 Å². The molecule has 0 unspecified atom stereocenters. The van der Waals surface area contributed by atoms with Crippen LogP contribution in [-0.2, 0) is 7.05 Å². The van der Waals surface area contributed by atoms with Gasteiger partial charge in [0.2, 0.25) is 5.78 Å². The summed E-state index contributed by atoms with van der Waals surface area (Å²) in [5.74, 6) is 0.884. The third-order valence-corrected chi connectivity index (χ3v) is 2.60. The summed E-state index contributed by atoms with van der Waals surface area (Å²) < 4.78 is 2.85. The number of aryl methyl sites for hydroxylation is 1. The number of hydrogen-bond donors (Lipinski definition) is 1. The van der Waals surface area contributed by atoms with Gasteiger partial charge in [-0.05, 0) is 12.1 Å². The van der Waals surface area contributed by atoms with E-state index in [0.29, 0.717) is 11.6 Å². The molecule has 18 heavy (non-hydrogen) atoms. The molecule has 3 aromatic heterocycles. The Bertz CT molecular complexity index is 773. The van der Waals surface area contributed by atoms with E-state index in [-0.39, 0.29) is 11.2 Å². The second kappa shape index (κ2) is 3.66. The van der Waals surface area contributed by atoms with Crippen LogP contribution < -0.4 is 11.3 Å². The van der Waals surface area contributed by atoms with Gasteiger partial charge in [0.15, 0.2) is 5.82 Å². The van der Waals surface area contributed by atoms with Crippen molar-refractivity contribution < 1.29 is 0 Å². The molecule has 0 amide bonds. The van der Waals surface area contributed by atoms with Gasteiger partial charge in [-0.15, -0.1) is 5.10 Å². The second-order valence-corrected chi connectivity index (χ2v) is 3.89. The van der Waals surface area contributed by atoms with Gasteiger partial charge in [-0.25, -0.2) is 0 Å². The molecule has 90 valence electrons. The number of rotatable bonds is 1. The molecule has 3 heterocycles. The van der Waals surface area contributed by atoms with E-state index < -0.39 is 0 Å². The first-order valence-electron chi connectivity index (χ1n) is 5.29. The van der Waals surface area contributed by atoms with Crippen LogP contribution in [0.1, 0.15) is 0 Å². The summed E-state index contributed by atoms with van der Waals surface area (Å²) in [5, 5.41) is 4.16. The Labute approximate surface area is 102 Å². The Morgan fingerprint density at radius 2 is 2.22 bits per heavy atom. The van der Waals surface area contributed by atoms with E-state index in [1.54, 1.807) is 30.1 Å². The van der Waals surface area contributed by atoms with Crippen molar-refractivity contribution in [2.24, 2.45) is 7.05 Å². The van der Waals surface area contributed by atoms with E-state index in [2.05, 4.69) is 15.1 Å². The first-order valence-corrected chi connectivity index (χ1v) is 5.29. The van der Waals surface area contributed by atoms with Crippen LogP contribution in [0.5, 0.6) is 0 Å². The number of fused-ring (bicyclic) bond motifs is 1. The number of pyridine rings is 1. The number of nitrogens with two attached hydrogens (primary N) is 1. The van der Waals surface area contributed by atoms with Crippen molar-refractivity contribution >= 4 is 11.5 Å².